The summed E-state index contributed by atoms with van der Waals surface area (Å²) in [5, 5.41) is 3.29. The number of sulfonamides is 1. The lowest BCUT2D eigenvalue weighted by Gasteiger charge is -2.37. The molecule has 1 unspecified atom stereocenters. The number of piperidine rings is 2. The molecule has 2 aromatic rings. The molecule has 2 amide bonds. The van der Waals surface area contributed by atoms with Gasteiger partial charge in [0.15, 0.2) is 0 Å². The molecule has 1 aromatic carbocycles. The van der Waals surface area contributed by atoms with Crippen molar-refractivity contribution in [1.29, 1.82) is 0 Å². The molecule has 1 N–H and O–H groups in total. The fourth-order valence-electron chi connectivity index (χ4n) is 4.41. The molecule has 0 saturated carbocycles. The SMILES string of the molecule is O=C(Nc1ccc(Cl)cn1)C1CCCN(C(=O)C2CCN(S(=O)(=O)c3ccccc3)CC2)C1. The molecule has 3 heterocycles. The zero-order valence-corrected chi connectivity index (χ0v) is 19.8. The largest absolute Gasteiger partial charge is 0.342 e. The predicted molar refractivity (Wildman–Crippen MR) is 125 cm³/mol. The smallest absolute Gasteiger partial charge is 0.243 e. The lowest BCUT2D eigenvalue weighted by atomic mass is 9.92. The van der Waals surface area contributed by atoms with Crippen molar-refractivity contribution in [3.05, 3.63) is 53.7 Å². The third kappa shape index (κ3) is 5.54. The molecule has 176 valence electrons. The molecule has 0 radical (unpaired) electrons. The Morgan fingerprint density at radius 1 is 0.970 bits per heavy atom. The van der Waals surface area contributed by atoms with Crippen molar-refractivity contribution < 1.29 is 18.0 Å². The van der Waals surface area contributed by atoms with Crippen LogP contribution in [-0.2, 0) is 19.6 Å². The lowest BCUT2D eigenvalue weighted by Crippen LogP contribution is -2.48. The molecule has 2 aliphatic heterocycles. The van der Waals surface area contributed by atoms with Crippen LogP contribution in [-0.4, -0.2) is 60.6 Å². The summed E-state index contributed by atoms with van der Waals surface area (Å²) in [5.74, 6) is -0.259. The summed E-state index contributed by atoms with van der Waals surface area (Å²) in [7, 11) is -3.55. The van der Waals surface area contributed by atoms with Crippen molar-refractivity contribution in [2.75, 3.05) is 31.5 Å². The molecule has 4 rings (SSSR count). The van der Waals surface area contributed by atoms with E-state index in [-0.39, 0.29) is 28.5 Å². The first-order valence-electron chi connectivity index (χ1n) is 11.1. The number of carbonyl (C=O) groups is 2. The Morgan fingerprint density at radius 3 is 2.36 bits per heavy atom. The summed E-state index contributed by atoms with van der Waals surface area (Å²) < 4.78 is 27.1. The van der Waals surface area contributed by atoms with Crippen LogP contribution in [0.3, 0.4) is 0 Å². The number of halogens is 1. The van der Waals surface area contributed by atoms with Gasteiger partial charge in [0.2, 0.25) is 21.8 Å². The third-order valence-electron chi connectivity index (χ3n) is 6.27. The number of amides is 2. The first kappa shape index (κ1) is 23.7. The highest BCUT2D eigenvalue weighted by Crippen LogP contribution is 2.27. The highest BCUT2D eigenvalue weighted by Gasteiger charge is 2.36. The maximum absolute atomic E-state index is 13.1. The van der Waals surface area contributed by atoms with Crippen LogP contribution in [0.2, 0.25) is 5.02 Å². The van der Waals surface area contributed by atoms with E-state index in [9.17, 15) is 18.0 Å². The highest BCUT2D eigenvalue weighted by molar-refractivity contribution is 7.89. The molecule has 1 aromatic heterocycles. The Labute approximate surface area is 199 Å². The summed E-state index contributed by atoms with van der Waals surface area (Å²) in [4.78, 5) is 32.0. The summed E-state index contributed by atoms with van der Waals surface area (Å²) in [6, 6.07) is 11.7. The molecule has 33 heavy (non-hydrogen) atoms. The highest BCUT2D eigenvalue weighted by atomic mass is 35.5. The first-order chi connectivity index (χ1) is 15.8. The zero-order valence-electron chi connectivity index (χ0n) is 18.2. The van der Waals surface area contributed by atoms with Crippen LogP contribution >= 0.6 is 11.6 Å². The summed E-state index contributed by atoms with van der Waals surface area (Å²) in [6.45, 7) is 1.60. The molecular weight excluding hydrogens is 464 g/mol. The van der Waals surface area contributed by atoms with Gasteiger partial charge in [0.1, 0.15) is 5.82 Å². The van der Waals surface area contributed by atoms with E-state index < -0.39 is 10.0 Å². The number of aromatic nitrogens is 1. The summed E-state index contributed by atoms with van der Waals surface area (Å²) in [5.41, 5.74) is 0. The monoisotopic (exact) mass is 490 g/mol. The quantitative estimate of drug-likeness (QED) is 0.694. The van der Waals surface area contributed by atoms with E-state index in [1.165, 1.54) is 10.5 Å². The molecule has 8 nitrogen and oxygen atoms in total. The topological polar surface area (TPSA) is 99.7 Å². The van der Waals surface area contributed by atoms with Gasteiger partial charge in [-0.3, -0.25) is 9.59 Å². The number of pyridine rings is 1. The number of benzene rings is 1. The van der Waals surface area contributed by atoms with Gasteiger partial charge in [0, 0.05) is 38.3 Å². The van der Waals surface area contributed by atoms with E-state index >= 15 is 0 Å². The minimum atomic E-state index is -3.55. The predicted octanol–water partition coefficient (Wildman–Crippen LogP) is 3.01. The maximum Gasteiger partial charge on any atom is 0.243 e. The number of anilines is 1. The molecule has 1 atom stereocenters. The molecule has 0 spiro atoms. The Morgan fingerprint density at radius 2 is 1.70 bits per heavy atom. The van der Waals surface area contributed by atoms with Crippen molar-refractivity contribution in [2.24, 2.45) is 11.8 Å². The number of hydrogen-bond acceptors (Lipinski definition) is 5. The Balaban J connectivity index is 1.32. The van der Waals surface area contributed by atoms with Crippen molar-refractivity contribution >= 4 is 39.3 Å². The number of hydrogen-bond donors (Lipinski definition) is 1. The van der Waals surface area contributed by atoms with Crippen molar-refractivity contribution in [3.63, 3.8) is 0 Å². The second kappa shape index (κ2) is 10.2. The van der Waals surface area contributed by atoms with Crippen LogP contribution in [0.1, 0.15) is 25.7 Å². The lowest BCUT2D eigenvalue weighted by molar-refractivity contribution is -0.139. The molecule has 2 fully saturated rings. The third-order valence-corrected chi connectivity index (χ3v) is 8.40. The van der Waals surface area contributed by atoms with Gasteiger partial charge in [0.05, 0.1) is 15.8 Å². The van der Waals surface area contributed by atoms with E-state index in [0.717, 1.165) is 6.42 Å². The van der Waals surface area contributed by atoms with Gasteiger partial charge in [-0.1, -0.05) is 29.8 Å². The van der Waals surface area contributed by atoms with Crippen LogP contribution in [0.25, 0.3) is 0 Å². The van der Waals surface area contributed by atoms with Gasteiger partial charge < -0.3 is 10.2 Å². The fraction of sp³-hybridized carbons (Fsp3) is 0.435. The summed E-state index contributed by atoms with van der Waals surface area (Å²) >= 11 is 5.83. The van der Waals surface area contributed by atoms with Gasteiger partial charge in [-0.15, -0.1) is 0 Å². The molecule has 0 aliphatic carbocycles. The maximum atomic E-state index is 13.1. The van der Waals surface area contributed by atoms with Crippen LogP contribution < -0.4 is 5.32 Å². The van der Waals surface area contributed by atoms with Gasteiger partial charge in [-0.2, -0.15) is 4.31 Å². The number of carbonyl (C=O) groups excluding carboxylic acids is 2. The van der Waals surface area contributed by atoms with Gasteiger partial charge in [-0.25, -0.2) is 13.4 Å². The van der Waals surface area contributed by atoms with E-state index in [1.54, 1.807) is 47.4 Å². The van der Waals surface area contributed by atoms with Crippen molar-refractivity contribution in [1.82, 2.24) is 14.2 Å². The van der Waals surface area contributed by atoms with Crippen molar-refractivity contribution in [3.8, 4) is 0 Å². The van der Waals surface area contributed by atoms with E-state index in [2.05, 4.69) is 10.3 Å². The fourth-order valence-corrected chi connectivity index (χ4v) is 6.01. The molecule has 10 heteroatoms. The van der Waals surface area contributed by atoms with Crippen LogP contribution in [0.4, 0.5) is 5.82 Å². The van der Waals surface area contributed by atoms with Crippen LogP contribution in [0.15, 0.2) is 53.6 Å². The second-order valence-electron chi connectivity index (χ2n) is 8.47. The Kier molecular flexibility index (Phi) is 7.31. The normalized spacial score (nSPS) is 20.4. The molecule has 2 saturated heterocycles. The molecule has 0 bridgehead atoms. The summed E-state index contributed by atoms with van der Waals surface area (Å²) in [6.07, 6.45) is 3.88. The van der Waals surface area contributed by atoms with E-state index in [4.69, 9.17) is 11.6 Å². The molecule has 2 aliphatic rings. The average molecular weight is 491 g/mol. The van der Waals surface area contributed by atoms with Gasteiger partial charge in [-0.05, 0) is 49.9 Å². The number of likely N-dealkylation sites (tertiary alicyclic amines) is 1. The number of nitrogens with zero attached hydrogens (tertiary/aromatic N) is 3. The van der Waals surface area contributed by atoms with Gasteiger partial charge in [0.25, 0.3) is 0 Å². The van der Waals surface area contributed by atoms with Crippen LogP contribution in [0.5, 0.6) is 0 Å². The first-order valence-corrected chi connectivity index (χ1v) is 12.9. The second-order valence-corrected chi connectivity index (χ2v) is 10.8. The molecular formula is C23H27ClN4O4S. The van der Waals surface area contributed by atoms with Crippen molar-refractivity contribution in [2.45, 2.75) is 30.6 Å². The van der Waals surface area contributed by atoms with E-state index in [1.807, 2.05) is 0 Å². The minimum absolute atomic E-state index is 0.00822. The minimum Gasteiger partial charge on any atom is -0.342 e. The Hall–Kier alpha value is -2.49. The van der Waals surface area contributed by atoms with Gasteiger partial charge >= 0.3 is 0 Å². The Bertz CT molecular complexity index is 1090. The van der Waals surface area contributed by atoms with E-state index in [0.29, 0.717) is 56.3 Å². The zero-order chi connectivity index (χ0) is 23.4. The number of nitrogens with one attached hydrogen (secondary N) is 1. The average Bonchev–Trinajstić information content (AvgIpc) is 2.85. The number of rotatable bonds is 5. The standard InChI is InChI=1S/C23H27ClN4O4S/c24-19-8-9-21(25-15-19)26-22(29)18-5-4-12-27(16-18)23(30)17-10-13-28(14-11-17)33(31,32)20-6-2-1-3-7-20/h1-3,6-9,15,17-18H,4-5,10-14,16H2,(H,25,26,29). The van der Waals surface area contributed by atoms with Crippen LogP contribution in [0, 0.1) is 11.8 Å².